The van der Waals surface area contributed by atoms with E-state index in [1.807, 2.05) is 36.4 Å². The van der Waals surface area contributed by atoms with Gasteiger partial charge in [-0.25, -0.2) is 0 Å². The van der Waals surface area contributed by atoms with Gasteiger partial charge in [0.2, 0.25) is 5.91 Å². The summed E-state index contributed by atoms with van der Waals surface area (Å²) in [6, 6.07) is 14.3. The van der Waals surface area contributed by atoms with Crippen LogP contribution in [0.2, 0.25) is 5.02 Å². The van der Waals surface area contributed by atoms with E-state index >= 15 is 0 Å². The molecule has 3 N–H and O–H groups in total. The number of amides is 2. The number of hydrogen-bond acceptors (Lipinski definition) is 5. The van der Waals surface area contributed by atoms with Crippen LogP contribution in [0, 0.1) is 5.41 Å². The van der Waals surface area contributed by atoms with Crippen molar-refractivity contribution < 1.29 is 14.3 Å². The van der Waals surface area contributed by atoms with E-state index in [0.29, 0.717) is 29.6 Å². The van der Waals surface area contributed by atoms with Crippen molar-refractivity contribution in [1.29, 1.82) is 0 Å². The zero-order valence-corrected chi connectivity index (χ0v) is 23.6. The van der Waals surface area contributed by atoms with Crippen LogP contribution in [0.1, 0.15) is 60.1 Å². The first-order valence-electron chi connectivity index (χ1n) is 13.7. The van der Waals surface area contributed by atoms with Gasteiger partial charge in [-0.05, 0) is 66.5 Å². The maximum Gasteiger partial charge on any atom is 0.270 e. The fourth-order valence-electron chi connectivity index (χ4n) is 6.40. The van der Waals surface area contributed by atoms with Gasteiger partial charge < -0.3 is 20.7 Å². The first kappa shape index (κ1) is 26.6. The van der Waals surface area contributed by atoms with E-state index in [4.69, 9.17) is 16.3 Å². The Balaban J connectivity index is 1.33. The van der Waals surface area contributed by atoms with E-state index in [9.17, 15) is 9.59 Å². The number of ether oxygens (including phenoxy) is 1. The third kappa shape index (κ3) is 4.59. The van der Waals surface area contributed by atoms with Crippen LogP contribution in [0.25, 0.3) is 0 Å². The summed E-state index contributed by atoms with van der Waals surface area (Å²) < 4.78 is 7.11. The summed E-state index contributed by atoms with van der Waals surface area (Å²) in [5, 5.41) is 14.3. The van der Waals surface area contributed by atoms with E-state index in [-0.39, 0.29) is 28.6 Å². The predicted octanol–water partition coefficient (Wildman–Crippen LogP) is 5.38. The van der Waals surface area contributed by atoms with Crippen molar-refractivity contribution in [2.24, 2.45) is 12.5 Å². The molecule has 0 bridgehead atoms. The van der Waals surface area contributed by atoms with E-state index < -0.39 is 6.04 Å². The van der Waals surface area contributed by atoms with Crippen LogP contribution in [0.5, 0.6) is 0 Å². The SMILES string of the molecule is C=C1Nc2cc(NC(=O)[C@@H](NC(=O)c3ccnn3C)[C@H](c3ccccc3Cl)C3(C)CC3)ccc2C12CCOCC2. The van der Waals surface area contributed by atoms with Gasteiger partial charge in [0.25, 0.3) is 5.91 Å². The van der Waals surface area contributed by atoms with E-state index in [2.05, 4.69) is 40.6 Å². The summed E-state index contributed by atoms with van der Waals surface area (Å²) in [6.07, 6.45) is 5.18. The first-order chi connectivity index (χ1) is 19.2. The summed E-state index contributed by atoms with van der Waals surface area (Å²) >= 11 is 6.69. The summed E-state index contributed by atoms with van der Waals surface area (Å²) in [7, 11) is 1.70. The Morgan fingerprint density at radius 1 is 1.12 bits per heavy atom. The smallest absolute Gasteiger partial charge is 0.270 e. The van der Waals surface area contributed by atoms with Crippen LogP contribution in [0.3, 0.4) is 0 Å². The number of nitrogens with one attached hydrogen (secondary N) is 3. The van der Waals surface area contributed by atoms with E-state index in [1.165, 1.54) is 10.2 Å². The number of anilines is 2. The Hall–Kier alpha value is -3.62. The van der Waals surface area contributed by atoms with Crippen molar-refractivity contribution in [1.82, 2.24) is 15.1 Å². The number of carbonyl (C=O) groups excluding carboxylic acids is 2. The molecule has 2 fully saturated rings. The fraction of sp³-hybridized carbons (Fsp3) is 0.387. The Labute approximate surface area is 239 Å². The number of benzene rings is 2. The van der Waals surface area contributed by atoms with Gasteiger partial charge in [0.05, 0.1) is 0 Å². The molecule has 6 rings (SSSR count). The summed E-state index contributed by atoms with van der Waals surface area (Å²) in [5.74, 6) is -0.989. The van der Waals surface area contributed by atoms with Gasteiger partial charge in [-0.1, -0.05) is 49.4 Å². The lowest BCUT2D eigenvalue weighted by atomic mass is 9.74. The fourth-order valence-corrected chi connectivity index (χ4v) is 6.66. The van der Waals surface area contributed by atoms with E-state index in [1.54, 1.807) is 19.3 Å². The minimum absolute atomic E-state index is 0.147. The molecule has 3 heterocycles. The Morgan fingerprint density at radius 3 is 2.55 bits per heavy atom. The molecule has 2 amide bonds. The quantitative estimate of drug-likeness (QED) is 0.361. The summed E-state index contributed by atoms with van der Waals surface area (Å²) in [4.78, 5) is 27.5. The van der Waals surface area contributed by atoms with Gasteiger partial charge in [0.15, 0.2) is 0 Å². The van der Waals surface area contributed by atoms with E-state index in [0.717, 1.165) is 42.6 Å². The van der Waals surface area contributed by atoms with Crippen LogP contribution in [0.4, 0.5) is 11.4 Å². The van der Waals surface area contributed by atoms with Gasteiger partial charge in [-0.15, -0.1) is 0 Å². The zero-order chi connectivity index (χ0) is 28.1. The molecule has 9 heteroatoms. The van der Waals surface area contributed by atoms with Crippen LogP contribution in [-0.2, 0) is 22.0 Å². The van der Waals surface area contributed by atoms with Crippen LogP contribution in [0.15, 0.2) is 67.0 Å². The topological polar surface area (TPSA) is 97.3 Å². The molecular weight excluding hydrogens is 526 g/mol. The van der Waals surface area contributed by atoms with Crippen molar-refractivity contribution >= 4 is 34.8 Å². The molecule has 1 spiro atoms. The molecule has 208 valence electrons. The third-order valence-electron chi connectivity index (χ3n) is 9.00. The van der Waals surface area contributed by atoms with Gasteiger partial charge >= 0.3 is 0 Å². The predicted molar refractivity (Wildman–Crippen MR) is 156 cm³/mol. The number of carbonyl (C=O) groups is 2. The summed E-state index contributed by atoms with van der Waals surface area (Å²) in [5.41, 5.74) is 4.63. The Bertz CT molecular complexity index is 1490. The van der Waals surface area contributed by atoms with Crippen molar-refractivity contribution in [3.63, 3.8) is 0 Å². The van der Waals surface area contributed by atoms with Crippen molar-refractivity contribution in [2.45, 2.75) is 50.0 Å². The number of rotatable bonds is 7. The number of halogens is 1. The van der Waals surface area contributed by atoms with Crippen LogP contribution < -0.4 is 16.0 Å². The second kappa shape index (κ2) is 10.1. The van der Waals surface area contributed by atoms with Gasteiger partial charge in [-0.3, -0.25) is 14.3 Å². The number of aryl methyl sites for hydroxylation is 1. The molecular formula is C31H34ClN5O3. The lowest BCUT2D eigenvalue weighted by Gasteiger charge is -2.34. The molecule has 0 unspecified atom stereocenters. The second-order valence-electron chi connectivity index (χ2n) is 11.5. The molecule has 1 aliphatic carbocycles. The van der Waals surface area contributed by atoms with Gasteiger partial charge in [-0.2, -0.15) is 5.10 Å². The third-order valence-corrected chi connectivity index (χ3v) is 9.34. The average molecular weight is 560 g/mol. The molecule has 2 aromatic carbocycles. The molecule has 1 saturated carbocycles. The minimum atomic E-state index is -0.868. The lowest BCUT2D eigenvalue weighted by molar-refractivity contribution is -0.119. The lowest BCUT2D eigenvalue weighted by Crippen LogP contribution is -2.50. The highest BCUT2D eigenvalue weighted by Gasteiger charge is 2.52. The highest BCUT2D eigenvalue weighted by molar-refractivity contribution is 6.31. The minimum Gasteiger partial charge on any atom is -0.381 e. The highest BCUT2D eigenvalue weighted by Crippen LogP contribution is 2.58. The molecule has 8 nitrogen and oxygen atoms in total. The molecule has 40 heavy (non-hydrogen) atoms. The van der Waals surface area contributed by atoms with Crippen molar-refractivity contribution in [3.05, 3.63) is 88.8 Å². The first-order valence-corrected chi connectivity index (χ1v) is 14.1. The standard InChI is InChI=1S/C31H34ClN5O3/c1-19-31(13-16-40-17-14-31)22-9-8-20(18-24(22)34-19)35-29(39)27(36-28(38)25-10-15-33-37(25)3)26(30(2)11-12-30)21-6-4-5-7-23(21)32/h4-10,15,18,26-27,34H,1,11-14,16-17H2,2-3H3,(H,35,39)(H,36,38)/t26-,27-/m0/s1. The summed E-state index contributed by atoms with van der Waals surface area (Å²) in [6.45, 7) is 7.84. The molecule has 3 aromatic rings. The number of allylic oxidation sites excluding steroid dienone is 1. The molecule has 2 atom stereocenters. The van der Waals surface area contributed by atoms with Crippen molar-refractivity contribution in [3.8, 4) is 0 Å². The van der Waals surface area contributed by atoms with Crippen molar-refractivity contribution in [2.75, 3.05) is 23.8 Å². The highest BCUT2D eigenvalue weighted by atomic mass is 35.5. The maximum atomic E-state index is 14.1. The monoisotopic (exact) mass is 559 g/mol. The number of aromatic nitrogens is 2. The molecule has 3 aliphatic rings. The molecule has 1 saturated heterocycles. The largest absolute Gasteiger partial charge is 0.381 e. The molecule has 1 aromatic heterocycles. The second-order valence-corrected chi connectivity index (χ2v) is 11.9. The Morgan fingerprint density at radius 2 is 1.88 bits per heavy atom. The maximum absolute atomic E-state index is 14.1. The number of fused-ring (bicyclic) bond motifs is 2. The number of hydrogen-bond donors (Lipinski definition) is 3. The van der Waals surface area contributed by atoms with Crippen LogP contribution in [-0.4, -0.2) is 40.9 Å². The normalized spacial score (nSPS) is 19.8. The van der Waals surface area contributed by atoms with Gasteiger partial charge in [0.1, 0.15) is 11.7 Å². The Kier molecular flexibility index (Phi) is 6.71. The molecule has 2 aliphatic heterocycles. The average Bonchev–Trinajstić information content (AvgIpc) is 3.44. The molecule has 0 radical (unpaired) electrons. The zero-order valence-electron chi connectivity index (χ0n) is 22.8. The van der Waals surface area contributed by atoms with Crippen LogP contribution >= 0.6 is 11.6 Å². The van der Waals surface area contributed by atoms with Gasteiger partial charge in [0, 0.05) is 59.9 Å². The number of nitrogens with zero attached hydrogens (tertiary/aromatic N) is 2.